The number of carbonyl (C=O) groups excluding carboxylic acids is 1. The standard InChI is InChI=1S/C19H19ClF3N3O2/c20-16-9-14(19(21,22)23)10-24-17(16)26-6-4-13(5-7-26)18(28)25-15-3-1-2-12(8-15)11-27/h1-3,8-10,13,27H,4-7,11H2,(H,25,28). The second-order valence-corrected chi connectivity index (χ2v) is 7.04. The van der Waals surface area contributed by atoms with Crippen LogP contribution in [-0.4, -0.2) is 29.1 Å². The number of amides is 1. The molecule has 2 aromatic rings. The second-order valence-electron chi connectivity index (χ2n) is 6.64. The number of carbonyl (C=O) groups is 1. The van der Waals surface area contributed by atoms with Gasteiger partial charge in [-0.1, -0.05) is 23.7 Å². The predicted molar refractivity (Wildman–Crippen MR) is 100 cm³/mol. The first-order valence-electron chi connectivity index (χ1n) is 8.76. The Bertz CT molecular complexity index is 853. The molecule has 0 saturated carbocycles. The first-order valence-corrected chi connectivity index (χ1v) is 9.14. The van der Waals surface area contributed by atoms with Crippen LogP contribution in [0.5, 0.6) is 0 Å². The highest BCUT2D eigenvalue weighted by Gasteiger charge is 2.33. The van der Waals surface area contributed by atoms with Crippen LogP contribution in [0.25, 0.3) is 0 Å². The van der Waals surface area contributed by atoms with Gasteiger partial charge in [0.15, 0.2) is 0 Å². The van der Waals surface area contributed by atoms with Gasteiger partial charge in [-0.05, 0) is 36.6 Å². The number of aliphatic hydroxyl groups is 1. The van der Waals surface area contributed by atoms with Crippen LogP contribution >= 0.6 is 11.6 Å². The fraction of sp³-hybridized carbons (Fsp3) is 0.368. The highest BCUT2D eigenvalue weighted by atomic mass is 35.5. The Morgan fingerprint density at radius 1 is 1.29 bits per heavy atom. The van der Waals surface area contributed by atoms with Gasteiger partial charge in [-0.2, -0.15) is 13.2 Å². The Kier molecular flexibility index (Phi) is 6.10. The molecule has 0 bridgehead atoms. The van der Waals surface area contributed by atoms with Gasteiger partial charge in [-0.3, -0.25) is 4.79 Å². The maximum Gasteiger partial charge on any atom is 0.417 e. The number of alkyl halides is 3. The quantitative estimate of drug-likeness (QED) is 0.792. The highest BCUT2D eigenvalue weighted by molar-refractivity contribution is 6.33. The molecule has 0 atom stereocenters. The Hall–Kier alpha value is -2.32. The number of nitrogens with zero attached hydrogens (tertiary/aromatic N) is 2. The van der Waals surface area contributed by atoms with Crippen molar-refractivity contribution in [1.82, 2.24) is 4.98 Å². The molecule has 2 heterocycles. The summed E-state index contributed by atoms with van der Waals surface area (Å²) in [6, 6.07) is 7.84. The Labute approximate surface area is 165 Å². The third kappa shape index (κ3) is 4.74. The van der Waals surface area contributed by atoms with Crippen molar-refractivity contribution in [2.24, 2.45) is 5.92 Å². The van der Waals surface area contributed by atoms with E-state index in [0.29, 0.717) is 43.0 Å². The normalized spacial score (nSPS) is 15.5. The molecule has 1 saturated heterocycles. The number of aliphatic hydroxyl groups excluding tert-OH is 1. The van der Waals surface area contributed by atoms with E-state index in [1.807, 2.05) is 0 Å². The molecule has 0 radical (unpaired) electrons. The summed E-state index contributed by atoms with van der Waals surface area (Å²) in [6.07, 6.45) is -2.66. The zero-order valence-electron chi connectivity index (χ0n) is 14.8. The topological polar surface area (TPSA) is 65.5 Å². The van der Waals surface area contributed by atoms with Crippen LogP contribution in [0.3, 0.4) is 0 Å². The molecule has 1 aromatic carbocycles. The number of nitrogens with one attached hydrogen (secondary N) is 1. The van der Waals surface area contributed by atoms with Crippen LogP contribution in [0.4, 0.5) is 24.7 Å². The molecule has 9 heteroatoms. The minimum Gasteiger partial charge on any atom is -0.392 e. The van der Waals surface area contributed by atoms with Gasteiger partial charge in [0.05, 0.1) is 17.2 Å². The average Bonchev–Trinajstić information content (AvgIpc) is 2.67. The van der Waals surface area contributed by atoms with Crippen molar-refractivity contribution in [2.45, 2.75) is 25.6 Å². The molecule has 150 valence electrons. The van der Waals surface area contributed by atoms with Crippen molar-refractivity contribution in [3.05, 3.63) is 52.7 Å². The van der Waals surface area contributed by atoms with E-state index in [-0.39, 0.29) is 23.5 Å². The minimum absolute atomic E-state index is 0.0569. The van der Waals surface area contributed by atoms with Crippen LogP contribution < -0.4 is 10.2 Å². The summed E-state index contributed by atoms with van der Waals surface area (Å²) < 4.78 is 38.2. The molecule has 1 aromatic heterocycles. The molecule has 1 aliphatic heterocycles. The first kappa shape index (κ1) is 20.4. The third-order valence-corrected chi connectivity index (χ3v) is 4.97. The van der Waals surface area contributed by atoms with Gasteiger partial charge < -0.3 is 15.3 Å². The van der Waals surface area contributed by atoms with E-state index in [0.717, 1.165) is 12.3 Å². The van der Waals surface area contributed by atoms with E-state index in [1.165, 1.54) is 0 Å². The predicted octanol–water partition coefficient (Wildman–Crippen LogP) is 4.10. The molecule has 5 nitrogen and oxygen atoms in total. The van der Waals surface area contributed by atoms with Crippen LogP contribution in [-0.2, 0) is 17.6 Å². The molecule has 1 aliphatic rings. The lowest BCUT2D eigenvalue weighted by atomic mass is 9.95. The number of hydrogen-bond acceptors (Lipinski definition) is 4. The van der Waals surface area contributed by atoms with Gasteiger partial charge in [-0.15, -0.1) is 0 Å². The number of piperidine rings is 1. The fourth-order valence-electron chi connectivity index (χ4n) is 3.16. The minimum atomic E-state index is -4.49. The van der Waals surface area contributed by atoms with Gasteiger partial charge in [-0.25, -0.2) is 4.98 Å². The molecule has 0 spiro atoms. The average molecular weight is 414 g/mol. The van der Waals surface area contributed by atoms with E-state index < -0.39 is 11.7 Å². The lowest BCUT2D eigenvalue weighted by Gasteiger charge is -2.32. The molecule has 28 heavy (non-hydrogen) atoms. The van der Waals surface area contributed by atoms with Gasteiger partial charge in [0.25, 0.3) is 0 Å². The number of benzene rings is 1. The van der Waals surface area contributed by atoms with E-state index in [9.17, 15) is 18.0 Å². The number of pyridine rings is 1. The number of hydrogen-bond donors (Lipinski definition) is 2. The molecule has 0 aliphatic carbocycles. The molecule has 3 rings (SSSR count). The van der Waals surface area contributed by atoms with Crippen molar-refractivity contribution >= 4 is 29.0 Å². The maximum atomic E-state index is 12.7. The summed E-state index contributed by atoms with van der Waals surface area (Å²) in [5.41, 5.74) is 0.433. The van der Waals surface area contributed by atoms with Crippen LogP contribution in [0.1, 0.15) is 24.0 Å². The summed E-state index contributed by atoms with van der Waals surface area (Å²) in [7, 11) is 0. The van der Waals surface area contributed by atoms with Crippen molar-refractivity contribution in [2.75, 3.05) is 23.3 Å². The molecule has 1 fully saturated rings. The van der Waals surface area contributed by atoms with Crippen molar-refractivity contribution in [3.8, 4) is 0 Å². The SMILES string of the molecule is O=C(Nc1cccc(CO)c1)C1CCN(c2ncc(C(F)(F)F)cc2Cl)CC1. The number of halogens is 4. The Morgan fingerprint density at radius 3 is 2.61 bits per heavy atom. The van der Waals surface area contributed by atoms with Crippen LogP contribution in [0.2, 0.25) is 5.02 Å². The summed E-state index contributed by atoms with van der Waals surface area (Å²) in [4.78, 5) is 18.1. The summed E-state index contributed by atoms with van der Waals surface area (Å²) >= 11 is 6.00. The van der Waals surface area contributed by atoms with Gasteiger partial charge in [0, 0.05) is 30.9 Å². The van der Waals surface area contributed by atoms with E-state index >= 15 is 0 Å². The molecular weight excluding hydrogens is 395 g/mol. The van der Waals surface area contributed by atoms with Crippen molar-refractivity contribution < 1.29 is 23.1 Å². The molecule has 1 amide bonds. The van der Waals surface area contributed by atoms with Crippen molar-refractivity contribution in [3.63, 3.8) is 0 Å². The second kappa shape index (κ2) is 8.36. The Morgan fingerprint density at radius 2 is 2.00 bits per heavy atom. The number of aromatic nitrogens is 1. The summed E-state index contributed by atoms with van der Waals surface area (Å²) in [5.74, 6) is -0.0485. The molecular formula is C19H19ClF3N3O2. The lowest BCUT2D eigenvalue weighted by Crippen LogP contribution is -2.38. The Balaban J connectivity index is 1.60. The summed E-state index contributed by atoms with van der Waals surface area (Å²) in [5, 5.41) is 12.0. The smallest absolute Gasteiger partial charge is 0.392 e. The maximum absolute atomic E-state index is 12.7. The lowest BCUT2D eigenvalue weighted by molar-refractivity contribution is -0.137. The van der Waals surface area contributed by atoms with Gasteiger partial charge in [0.1, 0.15) is 5.82 Å². The monoisotopic (exact) mass is 413 g/mol. The highest BCUT2D eigenvalue weighted by Crippen LogP contribution is 2.34. The molecule has 2 N–H and O–H groups in total. The largest absolute Gasteiger partial charge is 0.417 e. The van der Waals surface area contributed by atoms with E-state index in [2.05, 4.69) is 10.3 Å². The zero-order valence-corrected chi connectivity index (χ0v) is 15.6. The van der Waals surface area contributed by atoms with Crippen LogP contribution in [0, 0.1) is 5.92 Å². The molecule has 0 unspecified atom stereocenters. The fourth-order valence-corrected chi connectivity index (χ4v) is 3.45. The van der Waals surface area contributed by atoms with Crippen molar-refractivity contribution in [1.29, 1.82) is 0 Å². The summed E-state index contributed by atoms with van der Waals surface area (Å²) in [6.45, 7) is 0.822. The third-order valence-electron chi connectivity index (χ3n) is 4.69. The number of anilines is 2. The van der Waals surface area contributed by atoms with Gasteiger partial charge >= 0.3 is 6.18 Å². The first-order chi connectivity index (χ1) is 13.3. The van der Waals surface area contributed by atoms with Gasteiger partial charge in [0.2, 0.25) is 5.91 Å². The number of rotatable bonds is 4. The van der Waals surface area contributed by atoms with Crippen LogP contribution in [0.15, 0.2) is 36.5 Å². The zero-order chi connectivity index (χ0) is 20.3. The van der Waals surface area contributed by atoms with E-state index in [4.69, 9.17) is 16.7 Å². The van der Waals surface area contributed by atoms with E-state index in [1.54, 1.807) is 29.2 Å².